The van der Waals surface area contributed by atoms with E-state index in [9.17, 15) is 13.6 Å². The van der Waals surface area contributed by atoms with Gasteiger partial charge in [0.2, 0.25) is 5.91 Å². The van der Waals surface area contributed by atoms with Gasteiger partial charge in [0.15, 0.2) is 11.6 Å². The summed E-state index contributed by atoms with van der Waals surface area (Å²) in [6.45, 7) is 1.27. The Morgan fingerprint density at radius 3 is 2.63 bits per heavy atom. The minimum Gasteiger partial charge on any atom is -0.356 e. The van der Waals surface area contributed by atoms with Crippen LogP contribution in [0.1, 0.15) is 31.2 Å². The number of aryl methyl sites for hydroxylation is 1. The maximum absolute atomic E-state index is 12.9. The van der Waals surface area contributed by atoms with E-state index in [1.807, 2.05) is 0 Å². The minimum absolute atomic E-state index is 0.0143. The van der Waals surface area contributed by atoms with Crippen molar-refractivity contribution in [3.05, 3.63) is 35.4 Å². The van der Waals surface area contributed by atoms with Crippen LogP contribution in [0.15, 0.2) is 18.2 Å². The Bertz CT molecular complexity index is 410. The van der Waals surface area contributed by atoms with Crippen LogP contribution >= 0.6 is 0 Å². The molecule has 1 aromatic rings. The maximum atomic E-state index is 12.9. The quantitative estimate of drug-likeness (QED) is 0.711. The largest absolute Gasteiger partial charge is 0.356 e. The summed E-state index contributed by atoms with van der Waals surface area (Å²) in [7, 11) is 0. The van der Waals surface area contributed by atoms with Crippen molar-refractivity contribution in [2.24, 2.45) is 5.73 Å². The van der Waals surface area contributed by atoms with Crippen LogP contribution < -0.4 is 11.1 Å². The first-order valence-corrected chi connectivity index (χ1v) is 6.54. The summed E-state index contributed by atoms with van der Waals surface area (Å²) >= 11 is 0. The minimum atomic E-state index is -0.846. The van der Waals surface area contributed by atoms with E-state index in [0.717, 1.165) is 18.9 Å². The smallest absolute Gasteiger partial charge is 0.220 e. The maximum Gasteiger partial charge on any atom is 0.220 e. The molecule has 0 aliphatic carbocycles. The number of rotatable bonds is 8. The molecule has 0 bridgehead atoms. The number of hydrogen-bond acceptors (Lipinski definition) is 2. The fourth-order valence-electron chi connectivity index (χ4n) is 1.73. The lowest BCUT2D eigenvalue weighted by molar-refractivity contribution is -0.121. The lowest BCUT2D eigenvalue weighted by Gasteiger charge is -2.05. The Kier molecular flexibility index (Phi) is 7.03. The lowest BCUT2D eigenvalue weighted by Crippen LogP contribution is -2.24. The van der Waals surface area contributed by atoms with E-state index in [1.54, 1.807) is 0 Å². The van der Waals surface area contributed by atoms with Crippen molar-refractivity contribution in [1.29, 1.82) is 0 Å². The van der Waals surface area contributed by atoms with Crippen molar-refractivity contribution in [3.8, 4) is 0 Å². The first kappa shape index (κ1) is 15.6. The highest BCUT2D eigenvalue weighted by molar-refractivity contribution is 5.75. The molecule has 0 spiro atoms. The summed E-state index contributed by atoms with van der Waals surface area (Å²) in [5.41, 5.74) is 6.05. The second-order valence-electron chi connectivity index (χ2n) is 4.45. The summed E-state index contributed by atoms with van der Waals surface area (Å²) in [5, 5.41) is 2.80. The second-order valence-corrected chi connectivity index (χ2v) is 4.45. The van der Waals surface area contributed by atoms with Crippen molar-refractivity contribution in [2.45, 2.75) is 32.1 Å². The molecule has 106 valence electrons. The van der Waals surface area contributed by atoms with Crippen LogP contribution in [0.2, 0.25) is 0 Å². The van der Waals surface area contributed by atoms with Crippen LogP contribution in [0.25, 0.3) is 0 Å². The monoisotopic (exact) mass is 270 g/mol. The number of carbonyl (C=O) groups is 1. The lowest BCUT2D eigenvalue weighted by atomic mass is 10.1. The predicted molar refractivity (Wildman–Crippen MR) is 70.6 cm³/mol. The number of carbonyl (C=O) groups excluding carboxylic acids is 1. The number of hydrogen-bond donors (Lipinski definition) is 2. The van der Waals surface area contributed by atoms with Gasteiger partial charge in [-0.25, -0.2) is 8.78 Å². The summed E-state index contributed by atoms with van der Waals surface area (Å²) in [4.78, 5) is 11.4. The van der Waals surface area contributed by atoms with Gasteiger partial charge in [0, 0.05) is 13.0 Å². The Labute approximate surface area is 112 Å². The van der Waals surface area contributed by atoms with E-state index >= 15 is 0 Å². The first-order valence-electron chi connectivity index (χ1n) is 6.54. The molecule has 0 radical (unpaired) electrons. The molecule has 0 aliphatic heterocycles. The van der Waals surface area contributed by atoms with Gasteiger partial charge in [0.25, 0.3) is 0 Å². The van der Waals surface area contributed by atoms with E-state index in [1.165, 1.54) is 12.1 Å². The molecule has 0 heterocycles. The normalized spacial score (nSPS) is 10.5. The van der Waals surface area contributed by atoms with Crippen LogP contribution in [-0.2, 0) is 11.2 Å². The zero-order chi connectivity index (χ0) is 14.1. The molecule has 19 heavy (non-hydrogen) atoms. The number of halogens is 2. The number of nitrogens with two attached hydrogens (primary N) is 1. The van der Waals surface area contributed by atoms with Gasteiger partial charge in [-0.15, -0.1) is 0 Å². The molecule has 0 saturated carbocycles. The Balaban J connectivity index is 2.18. The van der Waals surface area contributed by atoms with Crippen molar-refractivity contribution in [2.75, 3.05) is 13.1 Å². The molecule has 3 nitrogen and oxygen atoms in total. The molecule has 0 atom stereocenters. The third-order valence-corrected chi connectivity index (χ3v) is 2.81. The van der Waals surface area contributed by atoms with Crippen molar-refractivity contribution < 1.29 is 13.6 Å². The fourth-order valence-corrected chi connectivity index (χ4v) is 1.73. The van der Waals surface area contributed by atoms with Crippen molar-refractivity contribution in [1.82, 2.24) is 5.32 Å². The van der Waals surface area contributed by atoms with E-state index in [0.29, 0.717) is 37.9 Å². The zero-order valence-corrected chi connectivity index (χ0v) is 10.9. The van der Waals surface area contributed by atoms with Crippen LogP contribution in [0.4, 0.5) is 8.78 Å². The molecule has 0 aromatic heterocycles. The molecular formula is C14H20F2N2O. The molecule has 1 rings (SSSR count). The van der Waals surface area contributed by atoms with Gasteiger partial charge in [-0.05, 0) is 49.9 Å². The Morgan fingerprint density at radius 1 is 1.16 bits per heavy atom. The summed E-state index contributed by atoms with van der Waals surface area (Å²) in [5.74, 6) is -1.70. The van der Waals surface area contributed by atoms with Crippen LogP contribution in [-0.4, -0.2) is 19.0 Å². The third kappa shape index (κ3) is 6.29. The molecule has 1 aromatic carbocycles. The van der Waals surface area contributed by atoms with Crippen LogP contribution in [0.3, 0.4) is 0 Å². The third-order valence-electron chi connectivity index (χ3n) is 2.81. The van der Waals surface area contributed by atoms with Gasteiger partial charge in [-0.3, -0.25) is 4.79 Å². The molecule has 3 N–H and O–H groups in total. The summed E-state index contributed by atoms with van der Waals surface area (Å²) < 4.78 is 25.6. The Hall–Kier alpha value is -1.49. The molecule has 0 aliphatic rings. The van der Waals surface area contributed by atoms with Gasteiger partial charge in [-0.2, -0.15) is 0 Å². The number of unbranched alkanes of at least 4 members (excludes halogenated alkanes) is 1. The Morgan fingerprint density at radius 2 is 1.95 bits per heavy atom. The average Bonchev–Trinajstić information content (AvgIpc) is 2.39. The summed E-state index contributed by atoms with van der Waals surface area (Å²) in [6.07, 6.45) is 3.35. The first-order chi connectivity index (χ1) is 9.13. The molecule has 0 saturated heterocycles. The van der Waals surface area contributed by atoms with Crippen molar-refractivity contribution in [3.63, 3.8) is 0 Å². The fraction of sp³-hybridized carbons (Fsp3) is 0.500. The number of nitrogens with one attached hydrogen (secondary N) is 1. The average molecular weight is 270 g/mol. The molecule has 0 fully saturated rings. The zero-order valence-electron chi connectivity index (χ0n) is 10.9. The molecule has 5 heteroatoms. The van der Waals surface area contributed by atoms with Crippen LogP contribution in [0.5, 0.6) is 0 Å². The molecule has 0 unspecified atom stereocenters. The van der Waals surface area contributed by atoms with Crippen molar-refractivity contribution >= 4 is 5.91 Å². The van der Waals surface area contributed by atoms with Gasteiger partial charge in [0.1, 0.15) is 0 Å². The predicted octanol–water partition coefficient (Wildman–Crippen LogP) is 2.14. The number of amides is 1. The summed E-state index contributed by atoms with van der Waals surface area (Å²) in [6, 6.07) is 3.82. The second kappa shape index (κ2) is 8.58. The van der Waals surface area contributed by atoms with Gasteiger partial charge < -0.3 is 11.1 Å². The van der Waals surface area contributed by atoms with Crippen LogP contribution in [0, 0.1) is 11.6 Å². The highest BCUT2D eigenvalue weighted by Crippen LogP contribution is 2.11. The van der Waals surface area contributed by atoms with E-state index in [4.69, 9.17) is 5.73 Å². The molecule has 1 amide bonds. The van der Waals surface area contributed by atoms with E-state index < -0.39 is 11.6 Å². The van der Waals surface area contributed by atoms with E-state index in [2.05, 4.69) is 5.32 Å². The highest BCUT2D eigenvalue weighted by Gasteiger charge is 2.04. The SMILES string of the molecule is NCCCCNC(=O)CCCc1ccc(F)c(F)c1. The van der Waals surface area contributed by atoms with Gasteiger partial charge >= 0.3 is 0 Å². The standard InChI is InChI=1S/C14H20F2N2O/c15-12-7-6-11(10-13(12)16)4-3-5-14(19)18-9-2-1-8-17/h6-7,10H,1-5,8-9,17H2,(H,18,19). The van der Waals surface area contributed by atoms with Gasteiger partial charge in [0.05, 0.1) is 0 Å². The van der Waals surface area contributed by atoms with E-state index in [-0.39, 0.29) is 5.91 Å². The topological polar surface area (TPSA) is 55.1 Å². The van der Waals surface area contributed by atoms with Gasteiger partial charge in [-0.1, -0.05) is 6.07 Å². The molecular weight excluding hydrogens is 250 g/mol. The number of benzene rings is 1. The highest BCUT2D eigenvalue weighted by atomic mass is 19.2.